The number of halogens is 1. The van der Waals surface area contributed by atoms with Gasteiger partial charge in [-0.25, -0.2) is 0 Å². The Kier molecular flexibility index (Phi) is 4.76. The van der Waals surface area contributed by atoms with Crippen molar-refractivity contribution < 1.29 is 9.53 Å². The van der Waals surface area contributed by atoms with E-state index in [1.165, 1.54) is 12.7 Å². The molecule has 0 radical (unpaired) electrons. The van der Waals surface area contributed by atoms with Crippen LogP contribution in [0.1, 0.15) is 16.1 Å². The quantitative estimate of drug-likeness (QED) is 0.758. The lowest BCUT2D eigenvalue weighted by molar-refractivity contribution is 0.102. The van der Waals surface area contributed by atoms with E-state index in [1.807, 2.05) is 38.2 Å². The van der Waals surface area contributed by atoms with Gasteiger partial charge < -0.3 is 10.1 Å². The second-order valence-electron chi connectivity index (χ2n) is 5.70. The van der Waals surface area contributed by atoms with E-state index in [0.29, 0.717) is 22.2 Å². The number of rotatable bonds is 4. The summed E-state index contributed by atoms with van der Waals surface area (Å²) in [4.78, 5) is 12.6. The van der Waals surface area contributed by atoms with Crippen molar-refractivity contribution in [1.82, 2.24) is 9.78 Å². The average molecular weight is 356 g/mol. The molecule has 3 aromatic rings. The largest absolute Gasteiger partial charge is 0.495 e. The molecule has 0 saturated heterocycles. The molecule has 5 nitrogen and oxygen atoms in total. The van der Waals surface area contributed by atoms with Crippen LogP contribution in [0.25, 0.3) is 11.3 Å². The van der Waals surface area contributed by atoms with Crippen molar-refractivity contribution in [2.24, 2.45) is 7.05 Å². The van der Waals surface area contributed by atoms with Crippen LogP contribution < -0.4 is 10.1 Å². The van der Waals surface area contributed by atoms with E-state index in [1.54, 1.807) is 28.9 Å². The van der Waals surface area contributed by atoms with Gasteiger partial charge in [-0.15, -0.1) is 0 Å². The molecule has 0 bridgehead atoms. The second-order valence-corrected chi connectivity index (χ2v) is 6.14. The van der Waals surface area contributed by atoms with Crippen molar-refractivity contribution >= 4 is 23.2 Å². The number of carbonyl (C=O) groups excluding carboxylic acids is 1. The fourth-order valence-corrected chi connectivity index (χ4v) is 2.71. The van der Waals surface area contributed by atoms with E-state index in [4.69, 9.17) is 16.3 Å². The lowest BCUT2D eigenvalue weighted by Gasteiger charge is -2.09. The van der Waals surface area contributed by atoms with Crippen molar-refractivity contribution in [2.45, 2.75) is 6.92 Å². The number of amides is 1. The summed E-state index contributed by atoms with van der Waals surface area (Å²) in [7, 11) is 3.35. The summed E-state index contributed by atoms with van der Waals surface area (Å²) in [6, 6.07) is 14.9. The molecule has 1 N–H and O–H groups in total. The minimum Gasteiger partial charge on any atom is -0.495 e. The number of hydrogen-bond donors (Lipinski definition) is 1. The topological polar surface area (TPSA) is 56.1 Å². The van der Waals surface area contributed by atoms with Gasteiger partial charge in [-0.2, -0.15) is 5.10 Å². The van der Waals surface area contributed by atoms with Crippen molar-refractivity contribution in [1.29, 1.82) is 0 Å². The van der Waals surface area contributed by atoms with Crippen LogP contribution in [-0.2, 0) is 7.05 Å². The van der Waals surface area contributed by atoms with Crippen molar-refractivity contribution in [2.75, 3.05) is 12.4 Å². The summed E-state index contributed by atoms with van der Waals surface area (Å²) < 4.78 is 6.94. The third-order valence-electron chi connectivity index (χ3n) is 3.87. The van der Waals surface area contributed by atoms with Gasteiger partial charge in [-0.1, -0.05) is 41.4 Å². The number of benzene rings is 2. The average Bonchev–Trinajstić information content (AvgIpc) is 2.98. The fourth-order valence-electron chi connectivity index (χ4n) is 2.54. The van der Waals surface area contributed by atoms with Gasteiger partial charge in [0.1, 0.15) is 5.75 Å². The fraction of sp³-hybridized carbons (Fsp3) is 0.158. The molecule has 0 fully saturated rings. The molecule has 0 spiro atoms. The summed E-state index contributed by atoms with van der Waals surface area (Å²) in [5.41, 5.74) is 3.86. The number of carbonyl (C=O) groups is 1. The molecular formula is C19H18ClN3O2. The molecule has 2 aromatic carbocycles. The van der Waals surface area contributed by atoms with Gasteiger partial charge in [0.25, 0.3) is 5.91 Å². The molecule has 0 saturated carbocycles. The van der Waals surface area contributed by atoms with Gasteiger partial charge in [0.2, 0.25) is 0 Å². The van der Waals surface area contributed by atoms with Crippen LogP contribution in [0.5, 0.6) is 5.75 Å². The summed E-state index contributed by atoms with van der Waals surface area (Å²) in [5.74, 6) is 0.210. The minimum absolute atomic E-state index is 0.320. The molecule has 6 heteroatoms. The third kappa shape index (κ3) is 3.67. The predicted octanol–water partition coefficient (Wildman–Crippen LogP) is 4.31. The number of anilines is 1. The Morgan fingerprint density at radius 3 is 2.56 bits per heavy atom. The lowest BCUT2D eigenvalue weighted by atomic mass is 10.1. The van der Waals surface area contributed by atoms with E-state index in [2.05, 4.69) is 10.4 Å². The first kappa shape index (κ1) is 17.0. The normalized spacial score (nSPS) is 10.6. The van der Waals surface area contributed by atoms with E-state index in [0.717, 1.165) is 11.3 Å². The molecule has 0 unspecified atom stereocenters. The summed E-state index contributed by atoms with van der Waals surface area (Å²) in [6.45, 7) is 2.03. The number of hydrogen-bond acceptors (Lipinski definition) is 3. The molecule has 0 aliphatic rings. The van der Waals surface area contributed by atoms with Crippen LogP contribution in [0.15, 0.2) is 48.5 Å². The van der Waals surface area contributed by atoms with Gasteiger partial charge in [-0.05, 0) is 36.8 Å². The van der Waals surface area contributed by atoms with Crippen LogP contribution >= 0.6 is 11.6 Å². The number of methoxy groups -OCH3 is 1. The lowest BCUT2D eigenvalue weighted by Crippen LogP contribution is -2.13. The zero-order valence-corrected chi connectivity index (χ0v) is 15.0. The SMILES string of the molecule is COc1ccc(Cl)cc1NC(=O)c1cc(-c2ccc(C)cc2)n(C)n1. The van der Waals surface area contributed by atoms with Crippen LogP contribution in [0, 0.1) is 6.92 Å². The molecule has 3 rings (SSSR count). The zero-order valence-electron chi connectivity index (χ0n) is 14.2. The molecule has 1 aromatic heterocycles. The van der Waals surface area contributed by atoms with Gasteiger partial charge in [0, 0.05) is 12.1 Å². The molecule has 25 heavy (non-hydrogen) atoms. The van der Waals surface area contributed by atoms with Gasteiger partial charge in [-0.3, -0.25) is 9.48 Å². The van der Waals surface area contributed by atoms with Crippen LogP contribution in [0.3, 0.4) is 0 Å². The Hall–Kier alpha value is -2.79. The number of aromatic nitrogens is 2. The van der Waals surface area contributed by atoms with E-state index in [9.17, 15) is 4.79 Å². The van der Waals surface area contributed by atoms with Gasteiger partial charge in [0.05, 0.1) is 18.5 Å². The smallest absolute Gasteiger partial charge is 0.276 e. The molecule has 128 valence electrons. The Bertz CT molecular complexity index is 917. The predicted molar refractivity (Wildman–Crippen MR) is 99.3 cm³/mol. The Balaban J connectivity index is 1.88. The first-order valence-corrected chi connectivity index (χ1v) is 8.11. The maximum atomic E-state index is 12.6. The van der Waals surface area contributed by atoms with Gasteiger partial charge >= 0.3 is 0 Å². The monoisotopic (exact) mass is 355 g/mol. The number of nitrogens with one attached hydrogen (secondary N) is 1. The number of aryl methyl sites for hydroxylation is 2. The molecule has 1 heterocycles. The maximum absolute atomic E-state index is 12.6. The Labute approximate surface area is 151 Å². The molecule has 1 amide bonds. The van der Waals surface area contributed by atoms with Crippen LogP contribution in [-0.4, -0.2) is 22.8 Å². The maximum Gasteiger partial charge on any atom is 0.276 e. The highest BCUT2D eigenvalue weighted by Gasteiger charge is 2.16. The molecule has 0 atom stereocenters. The summed E-state index contributed by atoms with van der Waals surface area (Å²) in [6.07, 6.45) is 0. The number of ether oxygens (including phenoxy) is 1. The number of nitrogens with zero attached hydrogens (tertiary/aromatic N) is 2. The highest BCUT2D eigenvalue weighted by Crippen LogP contribution is 2.28. The van der Waals surface area contributed by atoms with Crippen molar-refractivity contribution in [3.05, 3.63) is 64.8 Å². The van der Waals surface area contributed by atoms with Crippen LogP contribution in [0.2, 0.25) is 5.02 Å². The minimum atomic E-state index is -0.325. The third-order valence-corrected chi connectivity index (χ3v) is 4.10. The second kappa shape index (κ2) is 6.99. The Morgan fingerprint density at radius 1 is 1.16 bits per heavy atom. The molecule has 0 aliphatic heterocycles. The first-order chi connectivity index (χ1) is 12.0. The van der Waals surface area contributed by atoms with Crippen molar-refractivity contribution in [3.63, 3.8) is 0 Å². The van der Waals surface area contributed by atoms with Gasteiger partial charge in [0.15, 0.2) is 5.69 Å². The summed E-state index contributed by atoms with van der Waals surface area (Å²) in [5, 5.41) is 7.62. The summed E-state index contributed by atoms with van der Waals surface area (Å²) >= 11 is 6.00. The van der Waals surface area contributed by atoms with E-state index in [-0.39, 0.29) is 5.91 Å². The van der Waals surface area contributed by atoms with Crippen LogP contribution in [0.4, 0.5) is 5.69 Å². The molecule has 0 aliphatic carbocycles. The van der Waals surface area contributed by atoms with E-state index >= 15 is 0 Å². The Morgan fingerprint density at radius 2 is 1.88 bits per heavy atom. The zero-order chi connectivity index (χ0) is 18.0. The first-order valence-electron chi connectivity index (χ1n) is 7.74. The molecular weight excluding hydrogens is 338 g/mol. The highest BCUT2D eigenvalue weighted by atomic mass is 35.5. The highest BCUT2D eigenvalue weighted by molar-refractivity contribution is 6.31. The van der Waals surface area contributed by atoms with E-state index < -0.39 is 0 Å². The van der Waals surface area contributed by atoms with Crippen molar-refractivity contribution in [3.8, 4) is 17.0 Å². The standard InChI is InChI=1S/C19H18ClN3O2/c1-12-4-6-13(7-5-12)17-11-16(22-23(17)2)19(24)21-15-10-14(20)8-9-18(15)25-3/h4-11H,1-3H3,(H,21,24).